The molecular weight excluding hydrogens is 264 g/mol. The van der Waals surface area contributed by atoms with Gasteiger partial charge in [0.1, 0.15) is 6.54 Å². The topological polar surface area (TPSA) is 72.6 Å². The molecule has 2 saturated carbocycles. The molecule has 0 aromatic carbocycles. The van der Waals surface area contributed by atoms with Crippen LogP contribution in [-0.2, 0) is 14.3 Å². The number of esters is 1. The minimum atomic E-state index is -0.704. The molecule has 2 fully saturated rings. The molecule has 0 atom stereocenters. The molecule has 0 radical (unpaired) electrons. The normalized spacial score (nSPS) is 20.3. The molecule has 0 bridgehead atoms. The van der Waals surface area contributed by atoms with Gasteiger partial charge in [-0.3, -0.25) is 9.59 Å². The highest BCUT2D eigenvalue weighted by Crippen LogP contribution is 2.44. The number of amides is 1. The van der Waals surface area contributed by atoms with Gasteiger partial charge >= 0.3 is 5.97 Å². The number of hydrogen-bond donors (Lipinski definition) is 1. The zero-order valence-electron chi connectivity index (χ0n) is 11.2. The predicted molar refractivity (Wildman–Crippen MR) is 74.4 cm³/mol. The molecule has 6 heteroatoms. The van der Waals surface area contributed by atoms with Crippen LogP contribution in [0, 0.1) is 5.41 Å². The van der Waals surface area contributed by atoms with Crippen LogP contribution in [0.5, 0.6) is 0 Å². The van der Waals surface area contributed by atoms with Gasteiger partial charge in [0.05, 0.1) is 17.0 Å². The van der Waals surface area contributed by atoms with E-state index < -0.39 is 5.41 Å². The number of rotatable bonds is 6. The number of nitrogens with zero attached hydrogens (tertiary/aromatic N) is 1. The molecule has 0 aliphatic heterocycles. The van der Waals surface area contributed by atoms with E-state index in [1.165, 1.54) is 0 Å². The van der Waals surface area contributed by atoms with Gasteiger partial charge in [-0.25, -0.2) is 0 Å². The van der Waals surface area contributed by atoms with Crippen molar-refractivity contribution in [1.29, 1.82) is 0 Å². The number of carbonyl (C=O) groups is 2. The summed E-state index contributed by atoms with van der Waals surface area (Å²) >= 11 is 5.06. The first kappa shape index (κ1) is 14.2. The van der Waals surface area contributed by atoms with Crippen LogP contribution in [0.2, 0.25) is 0 Å². The zero-order valence-corrected chi connectivity index (χ0v) is 12.0. The van der Waals surface area contributed by atoms with Crippen LogP contribution in [0.3, 0.4) is 0 Å². The zero-order chi connectivity index (χ0) is 14.0. The maximum Gasteiger partial charge on any atom is 0.325 e. The molecule has 106 valence electrons. The van der Waals surface area contributed by atoms with Gasteiger partial charge in [0.15, 0.2) is 0 Å². The summed E-state index contributed by atoms with van der Waals surface area (Å²) in [6, 6.07) is 0.156. The Balaban J connectivity index is 2.08. The molecule has 2 aliphatic carbocycles. The predicted octanol–water partition coefficient (Wildman–Crippen LogP) is 0.997. The molecule has 1 amide bonds. The van der Waals surface area contributed by atoms with Crippen LogP contribution in [-0.4, -0.2) is 41.0 Å². The molecule has 0 unspecified atom stereocenters. The first-order valence-corrected chi connectivity index (χ1v) is 7.18. The van der Waals surface area contributed by atoms with Crippen molar-refractivity contribution in [1.82, 2.24) is 4.90 Å². The summed E-state index contributed by atoms with van der Waals surface area (Å²) in [6.07, 6.45) is 4.25. The highest BCUT2D eigenvalue weighted by Gasteiger charge is 2.51. The second-order valence-electron chi connectivity index (χ2n) is 5.27. The summed E-state index contributed by atoms with van der Waals surface area (Å²) in [5.41, 5.74) is 5.05. The summed E-state index contributed by atoms with van der Waals surface area (Å²) < 4.78 is 4.93. The summed E-state index contributed by atoms with van der Waals surface area (Å²) in [4.78, 5) is 26.2. The monoisotopic (exact) mass is 284 g/mol. The average Bonchev–Trinajstić information content (AvgIpc) is 3.07. The maximum absolute atomic E-state index is 12.7. The standard InChI is InChI=1S/C13H20N2O3S/c1-2-18-10(16)8-15(9-4-5-9)12(17)13(11(14)19)6-3-7-13/h9H,2-8H2,1H3,(H2,14,19). The fraction of sp³-hybridized carbons (Fsp3) is 0.769. The van der Waals surface area contributed by atoms with Gasteiger partial charge in [-0.1, -0.05) is 18.6 Å². The van der Waals surface area contributed by atoms with Crippen molar-refractivity contribution in [3.05, 3.63) is 0 Å². The quantitative estimate of drug-likeness (QED) is 0.582. The lowest BCUT2D eigenvalue weighted by Gasteiger charge is -2.42. The number of nitrogens with two attached hydrogens (primary N) is 1. The van der Waals surface area contributed by atoms with Crippen LogP contribution in [0.25, 0.3) is 0 Å². The minimum absolute atomic E-state index is 0.0156. The van der Waals surface area contributed by atoms with Crippen LogP contribution in [0.1, 0.15) is 39.0 Å². The maximum atomic E-state index is 12.7. The SMILES string of the molecule is CCOC(=O)CN(C(=O)C1(C(N)=S)CCC1)C1CC1. The van der Waals surface area contributed by atoms with Crippen molar-refractivity contribution in [3.63, 3.8) is 0 Å². The fourth-order valence-corrected chi connectivity index (χ4v) is 2.76. The fourth-order valence-electron chi connectivity index (χ4n) is 2.47. The highest BCUT2D eigenvalue weighted by atomic mass is 32.1. The van der Waals surface area contributed by atoms with Crippen LogP contribution < -0.4 is 5.73 Å². The molecular formula is C13H20N2O3S. The smallest absolute Gasteiger partial charge is 0.325 e. The van der Waals surface area contributed by atoms with E-state index in [1.54, 1.807) is 11.8 Å². The molecule has 2 aliphatic rings. The van der Waals surface area contributed by atoms with Gasteiger partial charge in [-0.2, -0.15) is 0 Å². The van der Waals surface area contributed by atoms with Crippen molar-refractivity contribution in [2.45, 2.75) is 45.1 Å². The minimum Gasteiger partial charge on any atom is -0.465 e. The third-order valence-corrected chi connectivity index (χ3v) is 4.33. The number of hydrogen-bond acceptors (Lipinski definition) is 4. The lowest BCUT2D eigenvalue weighted by Crippen LogP contribution is -2.56. The van der Waals surface area contributed by atoms with Crippen molar-refractivity contribution in [2.75, 3.05) is 13.2 Å². The van der Waals surface area contributed by atoms with Crippen LogP contribution in [0.4, 0.5) is 0 Å². The van der Waals surface area contributed by atoms with Gasteiger partial charge in [0, 0.05) is 6.04 Å². The Hall–Kier alpha value is -1.17. The van der Waals surface area contributed by atoms with Gasteiger partial charge in [-0.15, -0.1) is 0 Å². The van der Waals surface area contributed by atoms with Crippen molar-refractivity contribution < 1.29 is 14.3 Å². The molecule has 2 rings (SSSR count). The summed E-state index contributed by atoms with van der Waals surface area (Å²) in [5.74, 6) is -0.443. The van der Waals surface area contributed by atoms with Crippen molar-refractivity contribution >= 4 is 29.1 Å². The lowest BCUT2D eigenvalue weighted by atomic mass is 9.67. The van der Waals surface area contributed by atoms with Gasteiger partial charge in [0.25, 0.3) is 0 Å². The Morgan fingerprint density at radius 1 is 1.42 bits per heavy atom. The van der Waals surface area contributed by atoms with E-state index in [2.05, 4.69) is 0 Å². The van der Waals surface area contributed by atoms with Gasteiger partial charge < -0.3 is 15.4 Å². The number of ether oxygens (including phenoxy) is 1. The van der Waals surface area contributed by atoms with Crippen molar-refractivity contribution in [2.24, 2.45) is 11.1 Å². The molecule has 0 spiro atoms. The van der Waals surface area contributed by atoms with E-state index in [-0.39, 0.29) is 29.5 Å². The Bertz CT molecular complexity index is 403. The van der Waals surface area contributed by atoms with E-state index in [4.69, 9.17) is 22.7 Å². The van der Waals surface area contributed by atoms with E-state index in [0.717, 1.165) is 19.3 Å². The van der Waals surface area contributed by atoms with Gasteiger partial charge in [0.2, 0.25) is 5.91 Å². The highest BCUT2D eigenvalue weighted by molar-refractivity contribution is 7.80. The van der Waals surface area contributed by atoms with Gasteiger partial charge in [-0.05, 0) is 32.6 Å². The first-order valence-electron chi connectivity index (χ1n) is 6.78. The Morgan fingerprint density at radius 2 is 2.05 bits per heavy atom. The Labute approximate surface area is 118 Å². The van der Waals surface area contributed by atoms with E-state index in [1.807, 2.05) is 0 Å². The largest absolute Gasteiger partial charge is 0.465 e. The summed E-state index contributed by atoms with van der Waals surface area (Å²) in [6.45, 7) is 2.09. The van der Waals surface area contributed by atoms with Crippen LogP contribution in [0.15, 0.2) is 0 Å². The lowest BCUT2D eigenvalue weighted by molar-refractivity contribution is -0.153. The van der Waals surface area contributed by atoms with Crippen molar-refractivity contribution in [3.8, 4) is 0 Å². The van der Waals surface area contributed by atoms with E-state index in [0.29, 0.717) is 19.4 Å². The van der Waals surface area contributed by atoms with Crippen LogP contribution >= 0.6 is 12.2 Å². The Morgan fingerprint density at radius 3 is 2.42 bits per heavy atom. The number of thiocarbonyl (C=S) groups is 1. The molecule has 0 saturated heterocycles. The molecule has 0 aromatic heterocycles. The molecule has 0 heterocycles. The number of carbonyl (C=O) groups excluding carboxylic acids is 2. The molecule has 2 N–H and O–H groups in total. The molecule has 19 heavy (non-hydrogen) atoms. The Kier molecular flexibility index (Phi) is 4.08. The van der Waals surface area contributed by atoms with E-state index >= 15 is 0 Å². The molecule has 5 nitrogen and oxygen atoms in total. The molecule has 0 aromatic rings. The third-order valence-electron chi connectivity index (χ3n) is 3.94. The second kappa shape index (κ2) is 5.45. The second-order valence-corrected chi connectivity index (χ2v) is 5.71. The van der Waals surface area contributed by atoms with E-state index in [9.17, 15) is 9.59 Å². The summed E-state index contributed by atoms with van der Waals surface area (Å²) in [5, 5.41) is 0. The third kappa shape index (κ3) is 2.73. The summed E-state index contributed by atoms with van der Waals surface area (Å²) in [7, 11) is 0. The first-order chi connectivity index (χ1) is 9.01. The average molecular weight is 284 g/mol.